The van der Waals surface area contributed by atoms with Crippen LogP contribution in [0.2, 0.25) is 0 Å². The third-order valence-electron chi connectivity index (χ3n) is 6.63. The zero-order chi connectivity index (χ0) is 28.2. The smallest absolute Gasteiger partial charge is 0.229 e. The summed E-state index contributed by atoms with van der Waals surface area (Å²) in [5.41, 5.74) is -1.14. The normalized spacial score (nSPS) is 33.4. The Bertz CT molecular complexity index is 1420. The average molecular weight is 554 g/mol. The Kier molecular flexibility index (Phi) is 7.27. The minimum absolute atomic E-state index is 0.103. The molecule has 0 unspecified atom stereocenters. The van der Waals surface area contributed by atoms with Crippen molar-refractivity contribution in [1.82, 2.24) is 0 Å². The van der Waals surface area contributed by atoms with Gasteiger partial charge >= 0.3 is 0 Å². The lowest BCUT2D eigenvalue weighted by molar-refractivity contribution is -0.307. The first-order chi connectivity index (χ1) is 18.5. The highest BCUT2D eigenvalue weighted by molar-refractivity contribution is 5.97. The molecule has 2 aliphatic rings. The van der Waals surface area contributed by atoms with E-state index < -0.39 is 84.6 Å². The quantitative estimate of drug-likeness (QED) is 0.119. The molecule has 0 aliphatic carbocycles. The van der Waals surface area contributed by atoms with Crippen molar-refractivity contribution in [3.8, 4) is 23.0 Å². The maximum absolute atomic E-state index is 13.3. The van der Waals surface area contributed by atoms with Crippen LogP contribution in [0.1, 0.15) is 0 Å². The largest absolute Gasteiger partial charge is 0.508 e. The molecule has 2 aliphatic heterocycles. The van der Waals surface area contributed by atoms with Gasteiger partial charge in [-0.05, 0) is 12.1 Å². The van der Waals surface area contributed by atoms with Crippen molar-refractivity contribution in [3.05, 3.63) is 34.5 Å². The number of hydrogen-bond donors (Lipinski definition) is 9. The molecule has 9 N–H and O–H groups in total. The summed E-state index contributed by atoms with van der Waals surface area (Å²) in [6.07, 6.45) is -14.5. The molecule has 0 radical (unpaired) electrons. The first kappa shape index (κ1) is 27.3. The predicted octanol–water partition coefficient (Wildman–Crippen LogP) is -2.29. The maximum atomic E-state index is 13.3. The van der Waals surface area contributed by atoms with Gasteiger partial charge in [0.2, 0.25) is 11.7 Å². The summed E-state index contributed by atoms with van der Waals surface area (Å²) in [5.74, 6) is -2.15. The van der Waals surface area contributed by atoms with Gasteiger partial charge < -0.3 is 69.3 Å². The first-order valence-corrected chi connectivity index (χ1v) is 11.8. The summed E-state index contributed by atoms with van der Waals surface area (Å²) in [5, 5.41) is 90.2. The highest BCUT2D eigenvalue weighted by Crippen LogP contribution is 2.37. The molecule has 0 amide bonds. The SMILES string of the molecule is O=c1c2c(O[C@@H]3O[C@H](CO[C@@H]4OC[C@@H](O)[C@H](O)[C@H]4O)[C@@H](O)[C@H](O)[C@H]3O)cc(O)cc2oc2ccc(O)c(O)c12. The number of aliphatic hydroxyl groups excluding tert-OH is 6. The number of ether oxygens (including phenoxy) is 4. The van der Waals surface area contributed by atoms with Crippen molar-refractivity contribution in [2.45, 2.75) is 55.3 Å². The second-order valence-corrected chi connectivity index (χ2v) is 9.27. The number of phenols is 3. The van der Waals surface area contributed by atoms with E-state index in [1.807, 2.05) is 0 Å². The Balaban J connectivity index is 1.43. The van der Waals surface area contributed by atoms with Gasteiger partial charge in [0, 0.05) is 12.1 Å². The van der Waals surface area contributed by atoms with Gasteiger partial charge in [-0.1, -0.05) is 0 Å². The molecular formula is C24H26O15. The van der Waals surface area contributed by atoms with Gasteiger partial charge in [-0.3, -0.25) is 4.79 Å². The minimum atomic E-state index is -1.87. The second-order valence-electron chi connectivity index (χ2n) is 9.27. The Labute approximate surface area is 217 Å². The van der Waals surface area contributed by atoms with Gasteiger partial charge in [-0.25, -0.2) is 0 Å². The van der Waals surface area contributed by atoms with Crippen molar-refractivity contribution in [2.75, 3.05) is 13.2 Å². The number of aromatic hydroxyl groups is 3. The molecule has 212 valence electrons. The summed E-state index contributed by atoms with van der Waals surface area (Å²) < 4.78 is 27.3. The third kappa shape index (κ3) is 4.84. The molecule has 0 spiro atoms. The molecule has 1 aromatic heterocycles. The third-order valence-corrected chi connectivity index (χ3v) is 6.63. The fourth-order valence-corrected chi connectivity index (χ4v) is 4.48. The van der Waals surface area contributed by atoms with Crippen LogP contribution in [0, 0.1) is 0 Å². The van der Waals surface area contributed by atoms with E-state index in [0.717, 1.165) is 18.2 Å². The van der Waals surface area contributed by atoms with Gasteiger partial charge in [-0.2, -0.15) is 0 Å². The molecular weight excluding hydrogens is 528 g/mol. The van der Waals surface area contributed by atoms with Crippen LogP contribution in [0.5, 0.6) is 23.0 Å². The molecule has 15 heteroatoms. The van der Waals surface area contributed by atoms with E-state index in [4.69, 9.17) is 23.4 Å². The molecule has 39 heavy (non-hydrogen) atoms. The molecule has 2 saturated heterocycles. The van der Waals surface area contributed by atoms with Gasteiger partial charge in [0.1, 0.15) is 76.2 Å². The van der Waals surface area contributed by atoms with Gasteiger partial charge in [-0.15, -0.1) is 0 Å². The number of hydrogen-bond acceptors (Lipinski definition) is 15. The molecule has 5 rings (SSSR count). The molecule has 9 atom stereocenters. The number of aliphatic hydroxyl groups is 6. The van der Waals surface area contributed by atoms with Crippen LogP contribution in [0.25, 0.3) is 21.9 Å². The summed E-state index contributed by atoms with van der Waals surface area (Å²) >= 11 is 0. The summed E-state index contributed by atoms with van der Waals surface area (Å²) in [6.45, 7) is -0.894. The van der Waals surface area contributed by atoms with Crippen LogP contribution in [-0.4, -0.2) is 114 Å². The lowest BCUT2D eigenvalue weighted by atomic mass is 9.99. The van der Waals surface area contributed by atoms with Crippen molar-refractivity contribution < 1.29 is 69.3 Å². The van der Waals surface area contributed by atoms with E-state index >= 15 is 0 Å². The zero-order valence-electron chi connectivity index (χ0n) is 19.9. The lowest BCUT2D eigenvalue weighted by Gasteiger charge is -2.41. The van der Waals surface area contributed by atoms with Crippen LogP contribution in [0.3, 0.4) is 0 Å². The highest BCUT2D eigenvalue weighted by Gasteiger charge is 2.46. The summed E-state index contributed by atoms with van der Waals surface area (Å²) in [6, 6.07) is 4.43. The average Bonchev–Trinajstić information content (AvgIpc) is 2.89. The Morgan fingerprint density at radius 1 is 0.821 bits per heavy atom. The van der Waals surface area contributed by atoms with Gasteiger partial charge in [0.25, 0.3) is 0 Å². The second kappa shape index (κ2) is 10.4. The number of rotatable bonds is 5. The van der Waals surface area contributed by atoms with Crippen LogP contribution in [0.4, 0.5) is 0 Å². The van der Waals surface area contributed by atoms with Crippen molar-refractivity contribution in [3.63, 3.8) is 0 Å². The fourth-order valence-electron chi connectivity index (χ4n) is 4.48. The molecule has 0 saturated carbocycles. The van der Waals surface area contributed by atoms with Crippen molar-refractivity contribution >= 4 is 21.9 Å². The van der Waals surface area contributed by atoms with E-state index in [9.17, 15) is 50.8 Å². The fraction of sp³-hybridized carbons (Fsp3) is 0.458. The van der Waals surface area contributed by atoms with Crippen LogP contribution < -0.4 is 10.2 Å². The molecule has 0 bridgehead atoms. The van der Waals surface area contributed by atoms with E-state index in [0.29, 0.717) is 0 Å². The van der Waals surface area contributed by atoms with E-state index in [1.54, 1.807) is 0 Å². The molecule has 3 aromatic rings. The minimum Gasteiger partial charge on any atom is -0.508 e. The standard InChI is InChI=1S/C24H26O15/c25-7-3-11-14(19(31)15-10(37-11)2-1-8(26)16(15)28)12(4-7)38-24-22(34)20(32)18(30)13(39-24)6-36-23-21(33)17(29)9(27)5-35-23/h1-4,9,13,17-18,20-30,32-34H,5-6H2/t9-,13-,17+,18-,20+,21-,22-,23+,24-/m1/s1. The first-order valence-electron chi connectivity index (χ1n) is 11.8. The number of fused-ring (bicyclic) bond motifs is 2. The number of phenolic OH excluding ortho intramolecular Hbond substituents is 3. The summed E-state index contributed by atoms with van der Waals surface area (Å²) in [7, 11) is 0. The topological polar surface area (TPSA) is 249 Å². The zero-order valence-corrected chi connectivity index (χ0v) is 19.9. The highest BCUT2D eigenvalue weighted by atomic mass is 16.7. The molecule has 2 aromatic carbocycles. The predicted molar refractivity (Wildman–Crippen MR) is 126 cm³/mol. The number of benzene rings is 2. The molecule has 2 fully saturated rings. The van der Waals surface area contributed by atoms with E-state index in [1.165, 1.54) is 6.07 Å². The van der Waals surface area contributed by atoms with Crippen LogP contribution in [-0.2, 0) is 14.2 Å². The van der Waals surface area contributed by atoms with Gasteiger partial charge in [0.15, 0.2) is 17.8 Å². The van der Waals surface area contributed by atoms with Crippen molar-refractivity contribution in [2.24, 2.45) is 0 Å². The van der Waals surface area contributed by atoms with Crippen LogP contribution >= 0.6 is 0 Å². The lowest BCUT2D eigenvalue weighted by Crippen LogP contribution is -2.61. The summed E-state index contributed by atoms with van der Waals surface area (Å²) in [4.78, 5) is 13.3. The Morgan fingerprint density at radius 2 is 1.54 bits per heavy atom. The Morgan fingerprint density at radius 3 is 2.28 bits per heavy atom. The monoisotopic (exact) mass is 554 g/mol. The Hall–Kier alpha value is -3.25. The van der Waals surface area contributed by atoms with Crippen molar-refractivity contribution in [1.29, 1.82) is 0 Å². The van der Waals surface area contributed by atoms with E-state index in [-0.39, 0.29) is 34.3 Å². The molecule has 15 nitrogen and oxygen atoms in total. The van der Waals surface area contributed by atoms with Crippen LogP contribution in [0.15, 0.2) is 33.5 Å². The van der Waals surface area contributed by atoms with Gasteiger partial charge in [0.05, 0.1) is 13.2 Å². The molecule has 3 heterocycles. The maximum Gasteiger partial charge on any atom is 0.229 e. The van der Waals surface area contributed by atoms with E-state index in [2.05, 4.69) is 0 Å².